The molecule has 7 nitrogen and oxygen atoms in total. The van der Waals surface area contributed by atoms with Gasteiger partial charge in [0.05, 0.1) is 33.0 Å². The number of carbonyl (C=O) groups is 1. The normalized spacial score (nSPS) is 19.7. The second-order valence-electron chi connectivity index (χ2n) is 7.59. The van der Waals surface area contributed by atoms with Gasteiger partial charge >= 0.3 is 0 Å². The Bertz CT molecular complexity index is 713. The Labute approximate surface area is 172 Å². The molecule has 1 amide bonds. The van der Waals surface area contributed by atoms with Gasteiger partial charge in [0.1, 0.15) is 11.5 Å². The van der Waals surface area contributed by atoms with E-state index in [1.165, 1.54) is 24.2 Å². The van der Waals surface area contributed by atoms with Crippen molar-refractivity contribution in [1.82, 2.24) is 4.90 Å². The highest BCUT2D eigenvalue weighted by Crippen LogP contribution is 2.30. The van der Waals surface area contributed by atoms with Gasteiger partial charge in [-0.2, -0.15) is 0 Å². The van der Waals surface area contributed by atoms with Gasteiger partial charge < -0.3 is 30.3 Å². The Morgan fingerprint density at radius 3 is 2.43 bits per heavy atom. The van der Waals surface area contributed by atoms with Crippen molar-refractivity contribution in [3.8, 4) is 11.5 Å². The molecule has 3 rings (SSSR count). The fourth-order valence-electron chi connectivity index (χ4n) is 4.43. The molecule has 8 heteroatoms. The summed E-state index contributed by atoms with van der Waals surface area (Å²) in [6, 6.07) is 5.55. The van der Waals surface area contributed by atoms with E-state index in [4.69, 9.17) is 27.4 Å². The van der Waals surface area contributed by atoms with Gasteiger partial charge in [0.15, 0.2) is 10.7 Å². The van der Waals surface area contributed by atoms with E-state index >= 15 is 0 Å². The minimum atomic E-state index is -0.458. The molecule has 2 fully saturated rings. The molecule has 0 radical (unpaired) electrons. The maximum absolute atomic E-state index is 12.4. The van der Waals surface area contributed by atoms with Crippen molar-refractivity contribution in [3.63, 3.8) is 0 Å². The summed E-state index contributed by atoms with van der Waals surface area (Å²) in [5.41, 5.74) is 6.20. The van der Waals surface area contributed by atoms with Gasteiger partial charge in [0.2, 0.25) is 0 Å². The number of nitrogens with two attached hydrogens (primary N) is 1. The van der Waals surface area contributed by atoms with Crippen LogP contribution in [0.3, 0.4) is 0 Å². The number of rotatable bonds is 5. The van der Waals surface area contributed by atoms with E-state index in [0.29, 0.717) is 24.0 Å². The number of anilines is 1. The average Bonchev–Trinajstić information content (AvgIpc) is 2.74. The molecule has 2 aliphatic heterocycles. The Kier molecular flexibility index (Phi) is 6.61. The van der Waals surface area contributed by atoms with Crippen molar-refractivity contribution in [3.05, 3.63) is 18.2 Å². The molecular formula is C20H31N4O3S+. The van der Waals surface area contributed by atoms with Crippen LogP contribution in [0.25, 0.3) is 0 Å². The van der Waals surface area contributed by atoms with E-state index in [-0.39, 0.29) is 5.91 Å². The number of primary amides is 1. The van der Waals surface area contributed by atoms with E-state index in [1.54, 1.807) is 14.2 Å². The van der Waals surface area contributed by atoms with Crippen LogP contribution in [-0.2, 0) is 4.79 Å². The largest absolute Gasteiger partial charge is 0.497 e. The standard InChI is InChI=1S/C20H30N4O3S/c1-26-15-6-7-17(27-2)16(14-15)22-19(28)23-12-8-20(9-13-23,18(21)25)24-10-4-3-5-11-24/h6-7,14H,3-5,8-13H2,1-2H3,(H2,21,25)(H,22,28)/p+1. The predicted octanol–water partition coefficient (Wildman–Crippen LogP) is 0.789. The van der Waals surface area contributed by atoms with Crippen LogP contribution in [0, 0.1) is 0 Å². The lowest BCUT2D eigenvalue weighted by Crippen LogP contribution is -3.22. The first-order valence-corrected chi connectivity index (χ1v) is 10.3. The van der Waals surface area contributed by atoms with Crippen LogP contribution < -0.4 is 25.4 Å². The first kappa shape index (κ1) is 20.7. The number of amides is 1. The topological polar surface area (TPSA) is 81.3 Å². The molecule has 0 aromatic heterocycles. The predicted molar refractivity (Wildman–Crippen MR) is 113 cm³/mol. The number of hydrogen-bond acceptors (Lipinski definition) is 4. The van der Waals surface area contributed by atoms with Crippen molar-refractivity contribution in [1.29, 1.82) is 0 Å². The molecule has 0 unspecified atom stereocenters. The summed E-state index contributed by atoms with van der Waals surface area (Å²) in [6.45, 7) is 3.49. The Balaban J connectivity index is 1.67. The van der Waals surface area contributed by atoms with Gasteiger partial charge in [-0.1, -0.05) is 0 Å². The lowest BCUT2D eigenvalue weighted by atomic mass is 9.83. The highest BCUT2D eigenvalue weighted by molar-refractivity contribution is 7.80. The highest BCUT2D eigenvalue weighted by Gasteiger charge is 2.49. The lowest BCUT2D eigenvalue weighted by molar-refractivity contribution is -0.948. The molecule has 28 heavy (non-hydrogen) atoms. The molecule has 0 spiro atoms. The summed E-state index contributed by atoms with van der Waals surface area (Å²) in [7, 11) is 3.25. The van der Waals surface area contributed by atoms with Crippen molar-refractivity contribution >= 4 is 28.9 Å². The maximum atomic E-state index is 12.4. The number of ether oxygens (including phenoxy) is 2. The van der Waals surface area contributed by atoms with Crippen LogP contribution in [0.4, 0.5) is 5.69 Å². The number of carbonyl (C=O) groups excluding carboxylic acids is 1. The minimum Gasteiger partial charge on any atom is -0.497 e. The van der Waals surface area contributed by atoms with Crippen molar-refractivity contribution < 1.29 is 19.2 Å². The highest BCUT2D eigenvalue weighted by atomic mass is 32.1. The van der Waals surface area contributed by atoms with Gasteiger partial charge in [-0.05, 0) is 43.6 Å². The zero-order valence-electron chi connectivity index (χ0n) is 16.8. The molecule has 1 aromatic carbocycles. The van der Waals surface area contributed by atoms with Crippen LogP contribution in [0.2, 0.25) is 0 Å². The summed E-state index contributed by atoms with van der Waals surface area (Å²) in [6.07, 6.45) is 5.05. The Hall–Kier alpha value is -2.06. The lowest BCUT2D eigenvalue weighted by Gasteiger charge is -2.45. The molecule has 1 aromatic rings. The van der Waals surface area contributed by atoms with Crippen molar-refractivity contribution in [2.45, 2.75) is 37.6 Å². The van der Waals surface area contributed by atoms with E-state index in [2.05, 4.69) is 10.2 Å². The third-order valence-electron chi connectivity index (χ3n) is 6.16. The Morgan fingerprint density at radius 1 is 1.18 bits per heavy atom. The quantitative estimate of drug-likeness (QED) is 0.626. The number of piperidine rings is 2. The van der Waals surface area contributed by atoms with Crippen LogP contribution in [-0.4, -0.2) is 61.9 Å². The summed E-state index contributed by atoms with van der Waals surface area (Å²) in [5, 5.41) is 3.89. The van der Waals surface area contributed by atoms with Crippen LogP contribution in [0.5, 0.6) is 11.5 Å². The van der Waals surface area contributed by atoms with Crippen molar-refractivity contribution in [2.24, 2.45) is 5.73 Å². The SMILES string of the molecule is COc1ccc(OC)c(NC(=S)N2CCC(C(N)=O)([NH+]3CCCCC3)CC2)c1. The molecule has 0 aliphatic carbocycles. The average molecular weight is 408 g/mol. The summed E-state index contributed by atoms with van der Waals surface area (Å²) < 4.78 is 10.7. The smallest absolute Gasteiger partial charge is 0.278 e. The second-order valence-corrected chi connectivity index (χ2v) is 7.98. The molecule has 0 bridgehead atoms. The Morgan fingerprint density at radius 2 is 1.86 bits per heavy atom. The van der Waals surface area contributed by atoms with E-state index in [9.17, 15) is 4.79 Å². The first-order valence-electron chi connectivity index (χ1n) is 9.93. The van der Waals surface area contributed by atoms with Gasteiger partial charge in [0, 0.05) is 32.0 Å². The fourth-order valence-corrected chi connectivity index (χ4v) is 4.72. The van der Waals surface area contributed by atoms with Gasteiger partial charge in [-0.3, -0.25) is 4.79 Å². The third kappa shape index (κ3) is 4.17. The molecule has 2 heterocycles. The number of hydrogen-bond donors (Lipinski definition) is 3. The second kappa shape index (κ2) is 8.96. The zero-order chi connectivity index (χ0) is 20.1. The number of methoxy groups -OCH3 is 2. The maximum Gasteiger partial charge on any atom is 0.278 e. The molecule has 2 saturated heterocycles. The van der Waals surface area contributed by atoms with Gasteiger partial charge in [-0.25, -0.2) is 0 Å². The number of nitrogens with one attached hydrogen (secondary N) is 2. The molecule has 4 N–H and O–H groups in total. The number of thiocarbonyl (C=S) groups is 1. The fraction of sp³-hybridized carbons (Fsp3) is 0.600. The number of likely N-dealkylation sites (tertiary alicyclic amines) is 2. The monoisotopic (exact) mass is 407 g/mol. The van der Waals surface area contributed by atoms with Gasteiger partial charge in [0.25, 0.3) is 5.91 Å². The molecule has 0 saturated carbocycles. The summed E-state index contributed by atoms with van der Waals surface area (Å²) in [5.74, 6) is 1.26. The van der Waals surface area contributed by atoms with Crippen LogP contribution in [0.15, 0.2) is 18.2 Å². The molecule has 2 aliphatic rings. The van der Waals surface area contributed by atoms with Crippen LogP contribution >= 0.6 is 12.2 Å². The summed E-state index contributed by atoms with van der Waals surface area (Å²) >= 11 is 5.64. The first-order chi connectivity index (χ1) is 13.5. The van der Waals surface area contributed by atoms with E-state index in [1.807, 2.05) is 18.2 Å². The van der Waals surface area contributed by atoms with E-state index in [0.717, 1.165) is 37.4 Å². The van der Waals surface area contributed by atoms with Crippen molar-refractivity contribution in [2.75, 3.05) is 45.7 Å². The zero-order valence-corrected chi connectivity index (χ0v) is 17.6. The minimum absolute atomic E-state index is 0.169. The molecule has 154 valence electrons. The van der Waals surface area contributed by atoms with Crippen LogP contribution in [0.1, 0.15) is 32.1 Å². The molecular weight excluding hydrogens is 376 g/mol. The molecule has 0 atom stereocenters. The summed E-state index contributed by atoms with van der Waals surface area (Å²) in [4.78, 5) is 15.9. The van der Waals surface area contributed by atoms with Gasteiger partial charge in [-0.15, -0.1) is 0 Å². The number of quaternary nitrogens is 1. The number of benzene rings is 1. The number of nitrogens with zero attached hydrogens (tertiary/aromatic N) is 1. The third-order valence-corrected chi connectivity index (χ3v) is 6.52. The van der Waals surface area contributed by atoms with E-state index < -0.39 is 5.54 Å².